The van der Waals surface area contributed by atoms with E-state index in [1.807, 2.05) is 13.0 Å². The predicted molar refractivity (Wildman–Crippen MR) is 53.1 cm³/mol. The first kappa shape index (κ1) is 11.2. The largest absolute Gasteiger partial charge is 0.283 e. The first-order valence-corrected chi connectivity index (χ1v) is 4.41. The number of aromatic amines is 1. The lowest BCUT2D eigenvalue weighted by Crippen LogP contribution is -2.00. The van der Waals surface area contributed by atoms with E-state index < -0.39 is 0 Å². The highest BCUT2D eigenvalue weighted by molar-refractivity contribution is 4.91. The van der Waals surface area contributed by atoms with Crippen LogP contribution in [0.5, 0.6) is 0 Å². The van der Waals surface area contributed by atoms with Crippen molar-refractivity contribution in [3.05, 3.63) is 18.0 Å². The van der Waals surface area contributed by atoms with Gasteiger partial charge in [0.25, 0.3) is 0 Å². The summed E-state index contributed by atoms with van der Waals surface area (Å²) in [5.74, 6) is 0. The molecule has 0 bridgehead atoms. The Labute approximate surface area is 75.4 Å². The maximum atomic E-state index is 3.70. The molecule has 1 N–H and O–H groups in total. The zero-order valence-corrected chi connectivity index (χ0v) is 8.81. The van der Waals surface area contributed by atoms with E-state index in [9.17, 15) is 0 Å². The highest BCUT2D eigenvalue weighted by Crippen LogP contribution is 2.16. The molecule has 1 rings (SSSR count). The number of rotatable bonds is 0. The van der Waals surface area contributed by atoms with Crippen molar-refractivity contribution in [2.24, 2.45) is 5.41 Å². The van der Waals surface area contributed by atoms with Gasteiger partial charge >= 0.3 is 0 Å². The molecule has 70 valence electrons. The van der Waals surface area contributed by atoms with E-state index in [4.69, 9.17) is 0 Å². The second kappa shape index (κ2) is 4.96. The van der Waals surface area contributed by atoms with Crippen LogP contribution < -0.4 is 0 Å². The van der Waals surface area contributed by atoms with Crippen LogP contribution in [0, 0.1) is 12.3 Å². The molecule has 0 aliphatic carbocycles. The molecule has 0 fully saturated rings. The Morgan fingerprint density at radius 3 is 2.00 bits per heavy atom. The van der Waals surface area contributed by atoms with E-state index in [1.54, 1.807) is 6.20 Å². The van der Waals surface area contributed by atoms with Crippen molar-refractivity contribution in [1.82, 2.24) is 10.2 Å². The summed E-state index contributed by atoms with van der Waals surface area (Å²) >= 11 is 0. The van der Waals surface area contributed by atoms with E-state index >= 15 is 0 Å². The normalized spacial score (nSPS) is 10.4. The van der Waals surface area contributed by atoms with Gasteiger partial charge in [-0.15, -0.1) is 0 Å². The molecule has 0 saturated carbocycles. The number of H-pyrrole nitrogens is 1. The van der Waals surface area contributed by atoms with Gasteiger partial charge in [-0.25, -0.2) is 0 Å². The zero-order chi connectivity index (χ0) is 9.61. The average Bonchev–Trinajstić information content (AvgIpc) is 2.39. The van der Waals surface area contributed by atoms with E-state index in [0.717, 1.165) is 5.69 Å². The lowest BCUT2D eigenvalue weighted by Gasteiger charge is -2.12. The maximum Gasteiger partial charge on any atom is 0.0489 e. The molecule has 0 aliphatic heterocycles. The summed E-state index contributed by atoms with van der Waals surface area (Å²) in [5.41, 5.74) is 1.65. The minimum Gasteiger partial charge on any atom is -0.283 e. The second-order valence-electron chi connectivity index (χ2n) is 4.15. The number of hydrogen-bond acceptors (Lipinski definition) is 1. The lowest BCUT2D eigenvalue weighted by atomic mass is 9.94. The third-order valence-corrected chi connectivity index (χ3v) is 1.70. The smallest absolute Gasteiger partial charge is 0.0489 e. The number of hydrogen-bond donors (Lipinski definition) is 1. The molecule has 0 aliphatic rings. The SMILES string of the molecule is CCC(C)(C)C.Cc1ccn[nH]1. The number of aryl methyl sites for hydroxylation is 1. The van der Waals surface area contributed by atoms with Gasteiger partial charge in [-0.2, -0.15) is 5.10 Å². The molecule has 0 aromatic carbocycles. The molecule has 2 nitrogen and oxygen atoms in total. The fourth-order valence-electron chi connectivity index (χ4n) is 0.325. The summed E-state index contributed by atoms with van der Waals surface area (Å²) in [5, 5.41) is 6.45. The summed E-state index contributed by atoms with van der Waals surface area (Å²) in [6.07, 6.45) is 3.00. The number of nitrogens with one attached hydrogen (secondary N) is 1. The van der Waals surface area contributed by atoms with Crippen LogP contribution in [-0.2, 0) is 0 Å². The molecule has 0 amide bonds. The molecular weight excluding hydrogens is 148 g/mol. The van der Waals surface area contributed by atoms with Gasteiger partial charge in [-0.3, -0.25) is 5.10 Å². The standard InChI is InChI=1S/C6H14.C4H6N2/c1-5-6(2,3)4;1-4-2-3-5-6-4/h5H2,1-4H3;2-3H,1H3,(H,5,6). The zero-order valence-electron chi connectivity index (χ0n) is 8.81. The Balaban J connectivity index is 0.000000202. The summed E-state index contributed by atoms with van der Waals surface area (Å²) in [4.78, 5) is 0. The van der Waals surface area contributed by atoms with Crippen molar-refractivity contribution < 1.29 is 0 Å². The van der Waals surface area contributed by atoms with Crippen LogP contribution in [0.2, 0.25) is 0 Å². The minimum absolute atomic E-state index is 0.542. The Morgan fingerprint density at radius 2 is 1.92 bits per heavy atom. The third-order valence-electron chi connectivity index (χ3n) is 1.70. The molecule has 12 heavy (non-hydrogen) atoms. The topological polar surface area (TPSA) is 28.7 Å². The monoisotopic (exact) mass is 168 g/mol. The van der Waals surface area contributed by atoms with Gasteiger partial charge in [-0.05, 0) is 18.4 Å². The third kappa shape index (κ3) is 7.32. The molecule has 0 radical (unpaired) electrons. The van der Waals surface area contributed by atoms with E-state index in [-0.39, 0.29) is 0 Å². The molecule has 2 heteroatoms. The van der Waals surface area contributed by atoms with Crippen molar-refractivity contribution >= 4 is 0 Å². The molecular formula is C10H20N2. The summed E-state index contributed by atoms with van der Waals surface area (Å²) in [6, 6.07) is 1.92. The molecule has 1 aromatic heterocycles. The Bertz CT molecular complexity index is 182. The summed E-state index contributed by atoms with van der Waals surface area (Å²) < 4.78 is 0. The summed E-state index contributed by atoms with van der Waals surface area (Å²) in [6.45, 7) is 10.9. The Kier molecular flexibility index (Phi) is 4.64. The molecule has 0 spiro atoms. The van der Waals surface area contributed by atoms with Crippen molar-refractivity contribution in [3.63, 3.8) is 0 Å². The number of nitrogens with zero attached hydrogens (tertiary/aromatic N) is 1. The maximum absolute atomic E-state index is 3.70. The second-order valence-corrected chi connectivity index (χ2v) is 4.15. The Morgan fingerprint density at radius 1 is 1.42 bits per heavy atom. The van der Waals surface area contributed by atoms with E-state index in [2.05, 4.69) is 37.9 Å². The predicted octanol–water partition coefficient (Wildman–Crippen LogP) is 3.16. The Hall–Kier alpha value is -0.790. The molecule has 0 atom stereocenters. The van der Waals surface area contributed by atoms with Crippen molar-refractivity contribution in [1.29, 1.82) is 0 Å². The van der Waals surface area contributed by atoms with Crippen LogP contribution in [0.3, 0.4) is 0 Å². The highest BCUT2D eigenvalue weighted by Gasteiger charge is 2.03. The van der Waals surface area contributed by atoms with Gasteiger partial charge in [-0.1, -0.05) is 34.1 Å². The summed E-state index contributed by atoms with van der Waals surface area (Å²) in [7, 11) is 0. The molecule has 1 aromatic rings. The molecule has 1 heterocycles. The minimum atomic E-state index is 0.542. The fraction of sp³-hybridized carbons (Fsp3) is 0.700. The van der Waals surface area contributed by atoms with E-state index in [0.29, 0.717) is 5.41 Å². The van der Waals surface area contributed by atoms with Gasteiger partial charge in [0.1, 0.15) is 0 Å². The van der Waals surface area contributed by atoms with Gasteiger partial charge in [0, 0.05) is 11.9 Å². The van der Waals surface area contributed by atoms with E-state index in [1.165, 1.54) is 6.42 Å². The van der Waals surface area contributed by atoms with Crippen molar-refractivity contribution in [2.45, 2.75) is 41.0 Å². The first-order valence-electron chi connectivity index (χ1n) is 4.41. The van der Waals surface area contributed by atoms with Crippen LogP contribution in [-0.4, -0.2) is 10.2 Å². The van der Waals surface area contributed by atoms with Crippen molar-refractivity contribution in [3.8, 4) is 0 Å². The van der Waals surface area contributed by atoms with Gasteiger partial charge in [0.2, 0.25) is 0 Å². The number of aromatic nitrogens is 2. The fourth-order valence-corrected chi connectivity index (χ4v) is 0.325. The van der Waals surface area contributed by atoms with Crippen LogP contribution >= 0.6 is 0 Å². The van der Waals surface area contributed by atoms with Crippen molar-refractivity contribution in [2.75, 3.05) is 0 Å². The molecule has 0 saturated heterocycles. The van der Waals surface area contributed by atoms with Crippen LogP contribution in [0.4, 0.5) is 0 Å². The molecule has 0 unspecified atom stereocenters. The van der Waals surface area contributed by atoms with Gasteiger partial charge < -0.3 is 0 Å². The lowest BCUT2D eigenvalue weighted by molar-refractivity contribution is 0.398. The van der Waals surface area contributed by atoms with Gasteiger partial charge in [0.05, 0.1) is 0 Å². The van der Waals surface area contributed by atoms with Crippen LogP contribution in [0.15, 0.2) is 12.3 Å². The van der Waals surface area contributed by atoms with Gasteiger partial charge in [0.15, 0.2) is 0 Å². The quantitative estimate of drug-likeness (QED) is 0.633. The highest BCUT2D eigenvalue weighted by atomic mass is 15.1. The van der Waals surface area contributed by atoms with Crippen LogP contribution in [0.25, 0.3) is 0 Å². The first-order chi connectivity index (χ1) is 5.45. The average molecular weight is 168 g/mol. The van der Waals surface area contributed by atoms with Crippen LogP contribution in [0.1, 0.15) is 39.8 Å².